The van der Waals surface area contributed by atoms with E-state index in [0.717, 1.165) is 4.31 Å². The lowest BCUT2D eigenvalue weighted by molar-refractivity contribution is -0.116. The third kappa shape index (κ3) is 3.27. The molecule has 0 unspecified atom stereocenters. The van der Waals surface area contributed by atoms with Crippen LogP contribution in [0.5, 0.6) is 0 Å². The number of anilines is 1. The predicted octanol–water partition coefficient (Wildman–Crippen LogP) is 0.677. The molecule has 2 saturated heterocycles. The number of carbonyl (C=O) groups is 1. The van der Waals surface area contributed by atoms with Crippen LogP contribution in [0.3, 0.4) is 0 Å². The molecule has 3 rings (SSSR count). The number of piperidine rings is 1. The lowest BCUT2D eigenvalue weighted by atomic mass is 10.0. The molecule has 1 aromatic rings. The summed E-state index contributed by atoms with van der Waals surface area (Å²) in [5.41, 5.74) is 0.143. The molecule has 0 aliphatic carbocycles. The summed E-state index contributed by atoms with van der Waals surface area (Å²) >= 11 is 0. The molecule has 2 heterocycles. The maximum absolute atomic E-state index is 12.7. The standard InChI is InChI=1S/C15H17N3O5S2/c16-11-12-5-8-17(9-6-12)25(22,23)14-3-1-13(2-4-14)18-15(19)7-10-24(18,20)21/h1-4,12H,5-10H2. The van der Waals surface area contributed by atoms with Crippen LogP contribution in [0.15, 0.2) is 29.2 Å². The molecule has 0 bridgehead atoms. The number of sulfonamides is 2. The number of nitriles is 1. The van der Waals surface area contributed by atoms with Gasteiger partial charge < -0.3 is 0 Å². The highest BCUT2D eigenvalue weighted by molar-refractivity contribution is 7.94. The second-order valence-corrected chi connectivity index (χ2v) is 9.90. The number of benzene rings is 1. The van der Waals surface area contributed by atoms with Gasteiger partial charge in [0.1, 0.15) is 0 Å². The highest BCUT2D eigenvalue weighted by Crippen LogP contribution is 2.28. The normalized spacial score (nSPS) is 22.0. The molecule has 8 nitrogen and oxygen atoms in total. The first-order valence-electron chi connectivity index (χ1n) is 7.81. The molecule has 134 valence electrons. The van der Waals surface area contributed by atoms with E-state index in [4.69, 9.17) is 5.26 Å². The third-order valence-electron chi connectivity index (χ3n) is 4.42. The minimum atomic E-state index is -3.71. The summed E-state index contributed by atoms with van der Waals surface area (Å²) in [6, 6.07) is 7.42. The quantitative estimate of drug-likeness (QED) is 0.758. The number of carbonyl (C=O) groups excluding carboxylic acids is 1. The number of nitrogens with zero attached hydrogens (tertiary/aromatic N) is 3. The Labute approximate surface area is 146 Å². The van der Waals surface area contributed by atoms with Crippen LogP contribution < -0.4 is 4.31 Å². The molecule has 25 heavy (non-hydrogen) atoms. The first-order chi connectivity index (χ1) is 11.8. The Morgan fingerprint density at radius 1 is 1.12 bits per heavy atom. The zero-order valence-corrected chi connectivity index (χ0v) is 15.0. The highest BCUT2D eigenvalue weighted by Gasteiger charge is 2.36. The Balaban J connectivity index is 1.83. The van der Waals surface area contributed by atoms with Crippen molar-refractivity contribution in [3.05, 3.63) is 24.3 Å². The van der Waals surface area contributed by atoms with Crippen LogP contribution in [-0.2, 0) is 24.8 Å². The smallest absolute Gasteiger partial charge is 0.243 e. The van der Waals surface area contributed by atoms with Crippen LogP contribution in [0.25, 0.3) is 0 Å². The van der Waals surface area contributed by atoms with Gasteiger partial charge in [-0.1, -0.05) is 0 Å². The maximum atomic E-state index is 12.7. The van der Waals surface area contributed by atoms with Crippen molar-refractivity contribution in [1.82, 2.24) is 4.31 Å². The third-order valence-corrected chi connectivity index (χ3v) is 8.03. The van der Waals surface area contributed by atoms with Gasteiger partial charge >= 0.3 is 0 Å². The number of hydrogen-bond donors (Lipinski definition) is 0. The summed E-state index contributed by atoms with van der Waals surface area (Å²) < 4.78 is 51.2. The average Bonchev–Trinajstić information content (AvgIpc) is 2.88. The SMILES string of the molecule is N#CC1CCN(S(=O)(=O)c2ccc(N3C(=O)CCS3(=O)=O)cc2)CC1. The summed E-state index contributed by atoms with van der Waals surface area (Å²) in [7, 11) is -7.38. The van der Waals surface area contributed by atoms with E-state index in [1.165, 1.54) is 28.6 Å². The van der Waals surface area contributed by atoms with Crippen molar-refractivity contribution in [3.63, 3.8) is 0 Å². The molecular formula is C15H17N3O5S2. The predicted molar refractivity (Wildman–Crippen MR) is 89.4 cm³/mol. The second-order valence-electron chi connectivity index (χ2n) is 6.03. The van der Waals surface area contributed by atoms with Gasteiger partial charge in [-0.05, 0) is 37.1 Å². The van der Waals surface area contributed by atoms with Crippen molar-refractivity contribution in [2.75, 3.05) is 23.1 Å². The van der Waals surface area contributed by atoms with Gasteiger partial charge in [0.15, 0.2) is 0 Å². The fraction of sp³-hybridized carbons (Fsp3) is 0.467. The van der Waals surface area contributed by atoms with Crippen LogP contribution in [0.1, 0.15) is 19.3 Å². The van der Waals surface area contributed by atoms with Gasteiger partial charge in [0, 0.05) is 25.4 Å². The van der Waals surface area contributed by atoms with Crippen molar-refractivity contribution in [2.24, 2.45) is 5.92 Å². The van der Waals surface area contributed by atoms with Gasteiger partial charge in [0.05, 0.1) is 22.4 Å². The molecule has 0 N–H and O–H groups in total. The zero-order chi connectivity index (χ0) is 18.2. The van der Waals surface area contributed by atoms with E-state index in [9.17, 15) is 21.6 Å². The van der Waals surface area contributed by atoms with Gasteiger partial charge in [-0.3, -0.25) is 4.79 Å². The number of rotatable bonds is 3. The van der Waals surface area contributed by atoms with E-state index in [-0.39, 0.29) is 41.8 Å². The molecule has 10 heteroatoms. The van der Waals surface area contributed by atoms with Crippen molar-refractivity contribution in [3.8, 4) is 6.07 Å². The Morgan fingerprint density at radius 2 is 1.72 bits per heavy atom. The fourth-order valence-corrected chi connectivity index (χ4v) is 5.93. The minimum absolute atomic E-state index is 0.0377. The van der Waals surface area contributed by atoms with Crippen molar-refractivity contribution in [1.29, 1.82) is 5.26 Å². The van der Waals surface area contributed by atoms with Crippen molar-refractivity contribution in [2.45, 2.75) is 24.2 Å². The van der Waals surface area contributed by atoms with Gasteiger partial charge in [-0.2, -0.15) is 9.57 Å². The topological polar surface area (TPSA) is 116 Å². The van der Waals surface area contributed by atoms with E-state index < -0.39 is 26.0 Å². The lowest BCUT2D eigenvalue weighted by Crippen LogP contribution is -2.38. The van der Waals surface area contributed by atoms with Crippen LogP contribution in [0.4, 0.5) is 5.69 Å². The Morgan fingerprint density at radius 3 is 2.20 bits per heavy atom. The minimum Gasteiger partial charge on any atom is -0.273 e. The molecule has 0 aromatic heterocycles. The molecular weight excluding hydrogens is 366 g/mol. The molecule has 1 amide bonds. The Kier molecular flexibility index (Phi) is 4.57. The maximum Gasteiger partial charge on any atom is 0.243 e. The van der Waals surface area contributed by atoms with Gasteiger partial charge in [-0.15, -0.1) is 0 Å². The van der Waals surface area contributed by atoms with Crippen LogP contribution in [0.2, 0.25) is 0 Å². The molecule has 0 radical (unpaired) electrons. The number of amides is 1. The Hall–Kier alpha value is -1.96. The molecule has 2 aliphatic rings. The van der Waals surface area contributed by atoms with Crippen molar-refractivity contribution < 1.29 is 21.6 Å². The highest BCUT2D eigenvalue weighted by atomic mass is 32.2. The largest absolute Gasteiger partial charge is 0.273 e. The van der Waals surface area contributed by atoms with E-state index in [1.54, 1.807) is 0 Å². The van der Waals surface area contributed by atoms with E-state index in [2.05, 4.69) is 6.07 Å². The monoisotopic (exact) mass is 383 g/mol. The van der Waals surface area contributed by atoms with Gasteiger partial charge in [0.25, 0.3) is 0 Å². The first-order valence-corrected chi connectivity index (χ1v) is 10.9. The molecule has 0 atom stereocenters. The van der Waals surface area contributed by atoms with Crippen LogP contribution >= 0.6 is 0 Å². The fourth-order valence-electron chi connectivity index (χ4n) is 3.00. The van der Waals surface area contributed by atoms with Crippen molar-refractivity contribution >= 4 is 31.6 Å². The summed E-state index contributed by atoms with van der Waals surface area (Å²) in [6.07, 6.45) is 0.916. The average molecular weight is 383 g/mol. The molecule has 2 aliphatic heterocycles. The van der Waals surface area contributed by atoms with Crippen LogP contribution in [-0.4, -0.2) is 45.9 Å². The van der Waals surface area contributed by atoms with E-state index >= 15 is 0 Å². The van der Waals surface area contributed by atoms with Gasteiger partial charge in [-0.25, -0.2) is 21.1 Å². The summed E-state index contributed by atoms with van der Waals surface area (Å²) in [5.74, 6) is -0.880. The summed E-state index contributed by atoms with van der Waals surface area (Å²) in [4.78, 5) is 11.8. The summed E-state index contributed by atoms with van der Waals surface area (Å²) in [6.45, 7) is 0.558. The molecule has 0 spiro atoms. The zero-order valence-electron chi connectivity index (χ0n) is 13.3. The summed E-state index contributed by atoms with van der Waals surface area (Å²) in [5, 5.41) is 8.90. The first kappa shape index (κ1) is 17.8. The second kappa shape index (κ2) is 6.40. The van der Waals surface area contributed by atoms with E-state index in [1.807, 2.05) is 0 Å². The lowest BCUT2D eigenvalue weighted by Gasteiger charge is -2.28. The number of hydrogen-bond acceptors (Lipinski definition) is 6. The van der Waals surface area contributed by atoms with E-state index in [0.29, 0.717) is 12.8 Å². The molecule has 2 fully saturated rings. The molecule has 1 aromatic carbocycles. The Bertz CT molecular complexity index is 924. The molecule has 0 saturated carbocycles. The van der Waals surface area contributed by atoms with Gasteiger partial charge in [0.2, 0.25) is 26.0 Å². The van der Waals surface area contributed by atoms with Crippen LogP contribution in [0, 0.1) is 17.2 Å².